The number of likely N-dealkylation sites (N-methyl/N-ethyl adjacent to an activating group) is 1. The van der Waals surface area contributed by atoms with Crippen molar-refractivity contribution in [3.8, 4) is 11.1 Å². The zero-order chi connectivity index (χ0) is 43.1. The molecule has 2 aliphatic rings. The smallest absolute Gasteiger partial charge is 0.244 e. The van der Waals surface area contributed by atoms with E-state index in [1.165, 1.54) is 4.90 Å². The molecular weight excluding hydrogens is 769 g/mol. The molecule has 2 aliphatic heterocycles. The summed E-state index contributed by atoms with van der Waals surface area (Å²) in [4.78, 5) is 84.5. The van der Waals surface area contributed by atoms with Crippen molar-refractivity contribution in [3.05, 3.63) is 162 Å². The Morgan fingerprint density at radius 3 is 1.61 bits per heavy atom. The fourth-order valence-corrected chi connectivity index (χ4v) is 7.20. The SMILES string of the molecule is CN(C)C(=O)[C@@H]1Cc2ccc(cc2)NC(=O)CCC(=O)N[C@H](CCc2ccccc2)C(=O)N[C@@H](Cc2ccc(-c3ccccc3)cc2)C(=O)N[C@H](Cc2ccccc2)C(=O)N1. The highest BCUT2D eigenvalue weighted by atomic mass is 16.2. The number of amides is 6. The molecule has 0 fully saturated rings. The second-order valence-corrected chi connectivity index (χ2v) is 15.5. The first-order valence-electron chi connectivity index (χ1n) is 20.5. The molecule has 0 spiro atoms. The molecular formula is C49H52N6O6. The van der Waals surface area contributed by atoms with Crippen LogP contribution in [0.3, 0.4) is 0 Å². The summed E-state index contributed by atoms with van der Waals surface area (Å²) in [7, 11) is 3.20. The second kappa shape index (κ2) is 21.3. The third-order valence-corrected chi connectivity index (χ3v) is 10.6. The standard InChI is InChI=1S/C49H52N6O6/c1-55(2)49(61)43-32-36-20-25-39(26-21-36)50-44(56)28-29-45(57)51-40(27-22-33-12-6-3-7-13-33)46(58)52-42(31-35-18-23-38(24-19-35)37-16-10-5-11-17-37)47(59)53-41(48(60)54-43)30-34-14-8-4-9-15-34/h3-21,23-26,40-43H,22,27-32H2,1-2H3,(H,50,56)(H,51,57)(H,52,58)(H,53,59)(H,54,60)/t40-,41-,42+,43+/m1/s1. The largest absolute Gasteiger partial charge is 0.347 e. The fourth-order valence-electron chi connectivity index (χ4n) is 7.20. The summed E-state index contributed by atoms with van der Waals surface area (Å²) in [6.45, 7) is 0. The molecule has 0 saturated carbocycles. The van der Waals surface area contributed by atoms with Gasteiger partial charge in [-0.1, -0.05) is 127 Å². The van der Waals surface area contributed by atoms with Crippen molar-refractivity contribution in [2.24, 2.45) is 0 Å². The Labute approximate surface area is 356 Å². The first-order chi connectivity index (χ1) is 29.5. The lowest BCUT2D eigenvalue weighted by molar-refractivity contribution is -0.136. The molecule has 5 aromatic carbocycles. The van der Waals surface area contributed by atoms with Crippen LogP contribution in [0.25, 0.3) is 11.1 Å². The molecule has 12 heteroatoms. The molecule has 6 amide bonds. The molecule has 0 aromatic heterocycles. The van der Waals surface area contributed by atoms with Gasteiger partial charge >= 0.3 is 0 Å². The minimum Gasteiger partial charge on any atom is -0.347 e. The van der Waals surface area contributed by atoms with Crippen molar-refractivity contribution in [3.63, 3.8) is 0 Å². The number of nitrogens with one attached hydrogen (secondary N) is 5. The average Bonchev–Trinajstić information content (AvgIpc) is 3.27. The normalized spacial score (nSPS) is 19.3. The number of carbonyl (C=O) groups is 6. The fraction of sp³-hybridized carbons (Fsp3) is 0.265. The van der Waals surface area contributed by atoms with E-state index < -0.39 is 53.7 Å². The lowest BCUT2D eigenvalue weighted by Gasteiger charge is -2.27. The molecule has 0 saturated heterocycles. The summed E-state index contributed by atoms with van der Waals surface area (Å²) >= 11 is 0. The van der Waals surface area contributed by atoms with E-state index in [4.69, 9.17) is 0 Å². The van der Waals surface area contributed by atoms with Crippen LogP contribution in [0.1, 0.15) is 41.5 Å². The summed E-state index contributed by atoms with van der Waals surface area (Å²) in [5.41, 5.74) is 5.66. The number of benzene rings is 5. The van der Waals surface area contributed by atoms with Gasteiger partial charge < -0.3 is 31.5 Å². The maximum Gasteiger partial charge on any atom is 0.244 e. The third kappa shape index (κ3) is 13.0. The molecule has 12 nitrogen and oxygen atoms in total. The van der Waals surface area contributed by atoms with E-state index in [1.807, 2.05) is 115 Å². The van der Waals surface area contributed by atoms with E-state index in [9.17, 15) is 28.8 Å². The molecule has 0 unspecified atom stereocenters. The highest BCUT2D eigenvalue weighted by Gasteiger charge is 2.32. The molecule has 0 aliphatic carbocycles. The van der Waals surface area contributed by atoms with Crippen molar-refractivity contribution in [1.29, 1.82) is 0 Å². The minimum atomic E-state index is -1.19. The maximum absolute atomic E-state index is 14.6. The quantitative estimate of drug-likeness (QED) is 0.135. The van der Waals surface area contributed by atoms with Crippen LogP contribution in [0.2, 0.25) is 0 Å². The van der Waals surface area contributed by atoms with Crippen molar-refractivity contribution in [2.75, 3.05) is 19.4 Å². The van der Waals surface area contributed by atoms with Crippen molar-refractivity contribution in [1.82, 2.24) is 26.2 Å². The number of carbonyl (C=O) groups excluding carboxylic acids is 6. The Morgan fingerprint density at radius 2 is 1.02 bits per heavy atom. The Kier molecular flexibility index (Phi) is 15.2. The van der Waals surface area contributed by atoms with Crippen LogP contribution in [0.15, 0.2) is 140 Å². The van der Waals surface area contributed by atoms with Gasteiger partial charge in [0.25, 0.3) is 0 Å². The third-order valence-electron chi connectivity index (χ3n) is 10.6. The predicted octanol–water partition coefficient (Wildman–Crippen LogP) is 4.77. The van der Waals surface area contributed by atoms with Crippen LogP contribution in [0.5, 0.6) is 0 Å². The van der Waals surface area contributed by atoms with Gasteiger partial charge in [-0.2, -0.15) is 0 Å². The predicted molar refractivity (Wildman–Crippen MR) is 235 cm³/mol. The van der Waals surface area contributed by atoms with Gasteiger partial charge in [-0.05, 0) is 58.4 Å². The number of fused-ring (bicyclic) bond motifs is 18. The molecule has 4 atom stereocenters. The summed E-state index contributed by atoms with van der Waals surface area (Å²) in [5.74, 6) is -3.06. The number of nitrogens with zero attached hydrogens (tertiary/aromatic N) is 1. The highest BCUT2D eigenvalue weighted by Crippen LogP contribution is 2.20. The zero-order valence-corrected chi connectivity index (χ0v) is 34.4. The van der Waals surface area contributed by atoms with Gasteiger partial charge in [-0.3, -0.25) is 28.8 Å². The molecule has 5 aromatic rings. The van der Waals surface area contributed by atoms with E-state index in [0.29, 0.717) is 12.1 Å². The van der Waals surface area contributed by atoms with Crippen LogP contribution < -0.4 is 26.6 Å². The molecule has 0 radical (unpaired) electrons. The van der Waals surface area contributed by atoms with Gasteiger partial charge in [0.15, 0.2) is 0 Å². The summed E-state index contributed by atoms with van der Waals surface area (Å²) in [5, 5.41) is 14.3. The number of rotatable bonds is 9. The van der Waals surface area contributed by atoms with Crippen molar-refractivity contribution < 1.29 is 28.8 Å². The van der Waals surface area contributed by atoms with E-state index in [-0.39, 0.29) is 44.4 Å². The van der Waals surface area contributed by atoms with Gasteiger partial charge in [0.2, 0.25) is 35.4 Å². The molecule has 5 N–H and O–H groups in total. The van der Waals surface area contributed by atoms with E-state index in [2.05, 4.69) is 26.6 Å². The zero-order valence-electron chi connectivity index (χ0n) is 34.4. The average molecular weight is 821 g/mol. The van der Waals surface area contributed by atoms with Crippen LogP contribution in [0.4, 0.5) is 5.69 Å². The van der Waals surface area contributed by atoms with Gasteiger partial charge in [0.05, 0.1) is 0 Å². The van der Waals surface area contributed by atoms with Gasteiger partial charge in [0, 0.05) is 51.9 Å². The first kappa shape index (κ1) is 43.5. The Morgan fingerprint density at radius 1 is 0.525 bits per heavy atom. The first-order valence-corrected chi connectivity index (χ1v) is 20.5. The number of aryl methyl sites for hydroxylation is 1. The minimum absolute atomic E-state index is 0.0589. The topological polar surface area (TPSA) is 166 Å². The molecule has 2 bridgehead atoms. The van der Waals surface area contributed by atoms with Gasteiger partial charge in [-0.15, -0.1) is 0 Å². The number of hydrogen-bond donors (Lipinski definition) is 5. The van der Waals surface area contributed by atoms with E-state index >= 15 is 0 Å². The lowest BCUT2D eigenvalue weighted by atomic mass is 9.98. The Bertz CT molecular complexity index is 2270. The van der Waals surface area contributed by atoms with Crippen molar-refractivity contribution >= 4 is 41.1 Å². The number of hydrogen-bond acceptors (Lipinski definition) is 6. The summed E-state index contributed by atoms with van der Waals surface area (Å²) < 4.78 is 0. The van der Waals surface area contributed by atoms with Crippen LogP contribution in [0, 0.1) is 0 Å². The second-order valence-electron chi connectivity index (χ2n) is 15.5. The molecule has 7 rings (SSSR count). The highest BCUT2D eigenvalue weighted by molar-refractivity contribution is 5.97. The van der Waals surface area contributed by atoms with Gasteiger partial charge in [0.1, 0.15) is 24.2 Å². The van der Waals surface area contributed by atoms with Crippen LogP contribution in [-0.4, -0.2) is 78.6 Å². The molecule has 61 heavy (non-hydrogen) atoms. The van der Waals surface area contributed by atoms with E-state index in [1.54, 1.807) is 38.4 Å². The van der Waals surface area contributed by atoms with Crippen LogP contribution >= 0.6 is 0 Å². The molecule has 2 heterocycles. The van der Waals surface area contributed by atoms with E-state index in [0.717, 1.165) is 33.4 Å². The lowest BCUT2D eigenvalue weighted by Crippen LogP contribution is -2.59. The van der Waals surface area contributed by atoms with Crippen molar-refractivity contribution in [2.45, 2.75) is 69.1 Å². The van der Waals surface area contributed by atoms with Crippen LogP contribution in [-0.2, 0) is 54.5 Å². The maximum atomic E-state index is 14.6. The summed E-state index contributed by atoms with van der Waals surface area (Å²) in [6.07, 6.45) is 0.617. The monoisotopic (exact) mass is 820 g/mol. The Balaban J connectivity index is 1.35. The summed E-state index contributed by atoms with van der Waals surface area (Å²) in [6, 6.07) is 38.7. The Hall–Kier alpha value is -7.08. The molecule has 314 valence electrons. The van der Waals surface area contributed by atoms with Gasteiger partial charge in [-0.25, -0.2) is 0 Å². The number of anilines is 1.